The molecule has 1 atom stereocenters. The highest BCUT2D eigenvalue weighted by Gasteiger charge is 2.22. The monoisotopic (exact) mass is 257 g/mol. The molecule has 0 aliphatic carbocycles. The summed E-state index contributed by atoms with van der Waals surface area (Å²) in [7, 11) is 0. The number of amides is 1. The second-order valence-corrected chi connectivity index (χ2v) is 3.78. The minimum absolute atomic E-state index is 0.213. The molecule has 0 saturated heterocycles. The van der Waals surface area contributed by atoms with Gasteiger partial charge < -0.3 is 10.4 Å². The molecule has 0 spiro atoms. The van der Waals surface area contributed by atoms with Gasteiger partial charge in [-0.25, -0.2) is 14.8 Å². The molecule has 1 heterocycles. The van der Waals surface area contributed by atoms with Gasteiger partial charge in [0.25, 0.3) is 5.91 Å². The largest absolute Gasteiger partial charge is 0.479 e. The van der Waals surface area contributed by atoms with E-state index in [9.17, 15) is 14.7 Å². The normalized spacial score (nSPS) is 11.6. The quantitative estimate of drug-likeness (QED) is 0.853. The molecular weight excluding hydrogens is 246 g/mol. The molecule has 0 aliphatic rings. The Morgan fingerprint density at radius 2 is 1.74 bits per heavy atom. The van der Waals surface area contributed by atoms with Gasteiger partial charge in [-0.05, 0) is 5.56 Å². The van der Waals surface area contributed by atoms with Crippen LogP contribution in [0.4, 0.5) is 0 Å². The van der Waals surface area contributed by atoms with Gasteiger partial charge in [0.15, 0.2) is 6.04 Å². The van der Waals surface area contributed by atoms with E-state index >= 15 is 0 Å². The van der Waals surface area contributed by atoms with Crippen molar-refractivity contribution in [1.82, 2.24) is 15.3 Å². The first-order valence-corrected chi connectivity index (χ1v) is 5.52. The van der Waals surface area contributed by atoms with Gasteiger partial charge in [0.05, 0.1) is 5.56 Å². The van der Waals surface area contributed by atoms with Crippen LogP contribution in [0.5, 0.6) is 0 Å². The van der Waals surface area contributed by atoms with E-state index < -0.39 is 17.9 Å². The van der Waals surface area contributed by atoms with Gasteiger partial charge in [0.1, 0.15) is 6.33 Å². The molecule has 2 rings (SSSR count). The van der Waals surface area contributed by atoms with Crippen LogP contribution in [0.25, 0.3) is 0 Å². The number of benzene rings is 1. The Bertz CT molecular complexity index is 572. The summed E-state index contributed by atoms with van der Waals surface area (Å²) in [5.41, 5.74) is 0.713. The van der Waals surface area contributed by atoms with Crippen LogP contribution in [0, 0.1) is 0 Å². The molecule has 19 heavy (non-hydrogen) atoms. The number of aliphatic carboxylic acids is 1. The van der Waals surface area contributed by atoms with Crippen LogP contribution < -0.4 is 5.32 Å². The Kier molecular flexibility index (Phi) is 3.82. The lowest BCUT2D eigenvalue weighted by Crippen LogP contribution is -2.33. The molecule has 0 saturated carbocycles. The number of aromatic nitrogens is 2. The molecule has 0 fully saturated rings. The lowest BCUT2D eigenvalue weighted by molar-refractivity contribution is -0.139. The van der Waals surface area contributed by atoms with Crippen molar-refractivity contribution in [2.24, 2.45) is 0 Å². The lowest BCUT2D eigenvalue weighted by atomic mass is 10.1. The summed E-state index contributed by atoms with van der Waals surface area (Å²) in [6.45, 7) is 0. The Balaban J connectivity index is 2.19. The Labute approximate surface area is 109 Å². The zero-order valence-corrected chi connectivity index (χ0v) is 9.85. The van der Waals surface area contributed by atoms with Gasteiger partial charge in [0, 0.05) is 12.4 Å². The summed E-state index contributed by atoms with van der Waals surface area (Å²) in [5, 5.41) is 11.6. The Hall–Kier alpha value is -2.76. The third kappa shape index (κ3) is 3.12. The number of carboxylic acids is 1. The minimum atomic E-state index is -1.13. The van der Waals surface area contributed by atoms with Crippen molar-refractivity contribution < 1.29 is 14.7 Å². The zero-order valence-electron chi connectivity index (χ0n) is 9.85. The van der Waals surface area contributed by atoms with Crippen LogP contribution in [0.2, 0.25) is 0 Å². The zero-order chi connectivity index (χ0) is 13.7. The van der Waals surface area contributed by atoms with Crippen molar-refractivity contribution in [1.29, 1.82) is 0 Å². The van der Waals surface area contributed by atoms with Crippen molar-refractivity contribution >= 4 is 11.9 Å². The maximum Gasteiger partial charge on any atom is 0.330 e. The molecule has 2 N–H and O–H groups in total. The average molecular weight is 257 g/mol. The first-order chi connectivity index (χ1) is 9.18. The summed E-state index contributed by atoms with van der Waals surface area (Å²) in [4.78, 5) is 30.5. The number of rotatable bonds is 4. The Morgan fingerprint density at radius 1 is 1.11 bits per heavy atom. The molecule has 1 aromatic carbocycles. The fourth-order valence-electron chi connectivity index (χ4n) is 1.56. The number of nitrogens with zero attached hydrogens (tertiary/aromatic N) is 2. The summed E-state index contributed by atoms with van der Waals surface area (Å²) in [6.07, 6.45) is 3.95. The van der Waals surface area contributed by atoms with E-state index in [2.05, 4.69) is 15.3 Å². The van der Waals surface area contributed by atoms with Gasteiger partial charge >= 0.3 is 5.97 Å². The maximum absolute atomic E-state index is 11.9. The van der Waals surface area contributed by atoms with Crippen LogP contribution in [0.3, 0.4) is 0 Å². The highest BCUT2D eigenvalue weighted by Crippen LogP contribution is 2.13. The van der Waals surface area contributed by atoms with Crippen molar-refractivity contribution in [3.63, 3.8) is 0 Å². The lowest BCUT2D eigenvalue weighted by Gasteiger charge is -2.14. The summed E-state index contributed by atoms with van der Waals surface area (Å²) < 4.78 is 0. The van der Waals surface area contributed by atoms with Gasteiger partial charge in [-0.15, -0.1) is 0 Å². The molecule has 0 aliphatic heterocycles. The van der Waals surface area contributed by atoms with Crippen molar-refractivity contribution in [2.45, 2.75) is 6.04 Å². The van der Waals surface area contributed by atoms with Gasteiger partial charge in [-0.3, -0.25) is 4.79 Å². The molecule has 6 nitrogen and oxygen atoms in total. The topological polar surface area (TPSA) is 92.2 Å². The van der Waals surface area contributed by atoms with Gasteiger partial charge in [-0.1, -0.05) is 30.3 Å². The smallest absolute Gasteiger partial charge is 0.330 e. The van der Waals surface area contributed by atoms with E-state index in [1.165, 1.54) is 18.7 Å². The minimum Gasteiger partial charge on any atom is -0.479 e. The van der Waals surface area contributed by atoms with Crippen LogP contribution >= 0.6 is 0 Å². The highest BCUT2D eigenvalue weighted by molar-refractivity contribution is 5.96. The number of hydrogen-bond donors (Lipinski definition) is 2. The van der Waals surface area contributed by atoms with Crippen molar-refractivity contribution in [3.8, 4) is 0 Å². The maximum atomic E-state index is 11.9. The van der Waals surface area contributed by atoms with Crippen LogP contribution in [0.1, 0.15) is 22.0 Å². The summed E-state index contributed by atoms with van der Waals surface area (Å²) in [5.74, 6) is -1.66. The number of carbonyl (C=O) groups excluding carboxylic acids is 1. The fraction of sp³-hybridized carbons (Fsp3) is 0.0769. The molecule has 1 aromatic heterocycles. The predicted molar refractivity (Wildman–Crippen MR) is 66.3 cm³/mol. The van der Waals surface area contributed by atoms with E-state index in [-0.39, 0.29) is 5.56 Å². The highest BCUT2D eigenvalue weighted by atomic mass is 16.4. The first kappa shape index (κ1) is 12.7. The van der Waals surface area contributed by atoms with Gasteiger partial charge in [0.2, 0.25) is 0 Å². The SMILES string of the molecule is O=C(N[C@H](C(=O)O)c1ccccc1)c1cncnc1. The third-order valence-corrected chi connectivity index (χ3v) is 2.48. The average Bonchev–Trinajstić information content (AvgIpc) is 2.46. The summed E-state index contributed by atoms with van der Waals surface area (Å²) >= 11 is 0. The number of carbonyl (C=O) groups is 2. The van der Waals surface area contributed by atoms with Crippen LogP contribution in [-0.2, 0) is 4.79 Å². The first-order valence-electron chi connectivity index (χ1n) is 5.52. The number of carboxylic acid groups (broad SMARTS) is 1. The molecule has 1 amide bonds. The number of nitrogens with one attached hydrogen (secondary N) is 1. The van der Waals surface area contributed by atoms with E-state index in [1.54, 1.807) is 30.3 Å². The molecular formula is C13H11N3O3. The molecule has 2 aromatic rings. The third-order valence-electron chi connectivity index (χ3n) is 2.48. The second-order valence-electron chi connectivity index (χ2n) is 3.78. The molecule has 96 valence electrons. The van der Waals surface area contributed by atoms with Crippen LogP contribution in [-0.4, -0.2) is 27.0 Å². The standard InChI is InChI=1S/C13H11N3O3/c17-12(10-6-14-8-15-7-10)16-11(13(18)19)9-4-2-1-3-5-9/h1-8,11H,(H,16,17)(H,18,19)/t11-/m0/s1. The molecule has 0 bridgehead atoms. The second kappa shape index (κ2) is 5.72. The van der Waals surface area contributed by atoms with Crippen molar-refractivity contribution in [3.05, 3.63) is 60.2 Å². The Morgan fingerprint density at radius 3 is 2.32 bits per heavy atom. The molecule has 6 heteroatoms. The fourth-order valence-corrected chi connectivity index (χ4v) is 1.56. The van der Waals surface area contributed by atoms with E-state index in [0.29, 0.717) is 5.56 Å². The summed E-state index contributed by atoms with van der Waals surface area (Å²) in [6, 6.07) is 7.37. The number of hydrogen-bond acceptors (Lipinski definition) is 4. The molecule has 0 unspecified atom stereocenters. The molecule has 0 radical (unpaired) electrons. The van der Waals surface area contributed by atoms with E-state index in [1.807, 2.05) is 0 Å². The van der Waals surface area contributed by atoms with Gasteiger partial charge in [-0.2, -0.15) is 0 Å². The van der Waals surface area contributed by atoms with Crippen LogP contribution in [0.15, 0.2) is 49.1 Å². The van der Waals surface area contributed by atoms with Crippen molar-refractivity contribution in [2.75, 3.05) is 0 Å². The van der Waals surface area contributed by atoms with E-state index in [0.717, 1.165) is 0 Å². The van der Waals surface area contributed by atoms with E-state index in [4.69, 9.17) is 0 Å². The predicted octanol–water partition coefficient (Wildman–Crippen LogP) is 1.03.